The van der Waals surface area contributed by atoms with Crippen molar-refractivity contribution in [2.24, 2.45) is 23.7 Å². The molecular weight excluding hydrogens is 331 g/mol. The molecule has 5 unspecified atom stereocenters. The van der Waals surface area contributed by atoms with Gasteiger partial charge in [0.05, 0.1) is 34.6 Å². The number of carboxylic acid groups (broad SMARTS) is 2. The summed E-state index contributed by atoms with van der Waals surface area (Å²) in [5.41, 5.74) is 0.800. The highest BCUT2D eigenvalue weighted by molar-refractivity contribution is 6.42. The zero-order chi connectivity index (χ0) is 16.0. The fourth-order valence-electron chi connectivity index (χ4n) is 3.53. The van der Waals surface area contributed by atoms with Gasteiger partial charge in [0, 0.05) is 0 Å². The maximum absolute atomic E-state index is 11.4. The molecule has 5 atom stereocenters. The highest BCUT2D eigenvalue weighted by Gasteiger charge is 2.67. The number of halogens is 2. The Balaban J connectivity index is 1.65. The molecule has 22 heavy (non-hydrogen) atoms. The second-order valence-electron chi connectivity index (χ2n) is 5.80. The largest absolute Gasteiger partial charge is 0.481 e. The molecule has 0 saturated heterocycles. The summed E-state index contributed by atoms with van der Waals surface area (Å²) >= 11 is 11.8. The monoisotopic (exact) mass is 344 g/mol. The molecule has 2 fully saturated rings. The van der Waals surface area contributed by atoms with E-state index in [0.717, 1.165) is 5.56 Å². The molecule has 1 aromatic rings. The molecule has 2 aliphatic carbocycles. The molecule has 3 rings (SSSR count). The maximum atomic E-state index is 11.4. The smallest absolute Gasteiger partial charge is 0.309 e. The number of ether oxygens (including phenoxy) is 1. The Morgan fingerprint density at radius 2 is 1.82 bits per heavy atom. The molecular formula is C15H14Cl2O5. The van der Waals surface area contributed by atoms with Crippen molar-refractivity contribution in [1.82, 2.24) is 0 Å². The fourth-order valence-corrected chi connectivity index (χ4v) is 3.85. The van der Waals surface area contributed by atoms with Crippen LogP contribution in [0.5, 0.6) is 0 Å². The zero-order valence-corrected chi connectivity index (χ0v) is 12.9. The fraction of sp³-hybridized carbons (Fsp3) is 0.467. The number of carboxylic acids is 2. The van der Waals surface area contributed by atoms with Gasteiger partial charge in [0.15, 0.2) is 0 Å². The van der Waals surface area contributed by atoms with E-state index >= 15 is 0 Å². The lowest BCUT2D eigenvalue weighted by molar-refractivity contribution is -0.149. The van der Waals surface area contributed by atoms with Crippen LogP contribution in [0.15, 0.2) is 18.2 Å². The van der Waals surface area contributed by atoms with Crippen molar-refractivity contribution in [3.63, 3.8) is 0 Å². The van der Waals surface area contributed by atoms with Crippen molar-refractivity contribution < 1.29 is 24.5 Å². The van der Waals surface area contributed by atoms with Crippen molar-refractivity contribution in [3.8, 4) is 0 Å². The molecule has 1 aromatic carbocycles. The van der Waals surface area contributed by atoms with Gasteiger partial charge in [-0.15, -0.1) is 0 Å². The van der Waals surface area contributed by atoms with E-state index in [2.05, 4.69) is 0 Å². The first-order valence-electron chi connectivity index (χ1n) is 6.91. The van der Waals surface area contributed by atoms with Gasteiger partial charge >= 0.3 is 11.9 Å². The summed E-state index contributed by atoms with van der Waals surface area (Å²) < 4.78 is 5.71. The van der Waals surface area contributed by atoms with Crippen LogP contribution < -0.4 is 0 Å². The van der Waals surface area contributed by atoms with E-state index in [9.17, 15) is 14.7 Å². The van der Waals surface area contributed by atoms with Crippen LogP contribution in [-0.4, -0.2) is 28.3 Å². The second-order valence-corrected chi connectivity index (χ2v) is 6.62. The standard InChI is InChI=1S/C15H14Cl2O5/c16-8-2-1-6(3-9(8)17)5-22-10-4-7-11(12(7)14(18)19)13(10)15(20)21/h1-3,7,10-13H,4-5H2,(H,18,19)(H,20,21). The van der Waals surface area contributed by atoms with Gasteiger partial charge in [-0.25, -0.2) is 0 Å². The number of carbonyl (C=O) groups is 2. The van der Waals surface area contributed by atoms with Crippen molar-refractivity contribution in [2.75, 3.05) is 0 Å². The second kappa shape index (κ2) is 5.72. The average Bonchev–Trinajstić information content (AvgIpc) is 3.01. The molecule has 0 heterocycles. The van der Waals surface area contributed by atoms with E-state index in [1.54, 1.807) is 18.2 Å². The summed E-state index contributed by atoms with van der Waals surface area (Å²) in [6.07, 6.45) is 0.0115. The van der Waals surface area contributed by atoms with Gasteiger partial charge in [-0.1, -0.05) is 29.3 Å². The van der Waals surface area contributed by atoms with Crippen molar-refractivity contribution in [3.05, 3.63) is 33.8 Å². The van der Waals surface area contributed by atoms with Gasteiger partial charge in [-0.05, 0) is 36.0 Å². The number of fused-ring (bicyclic) bond motifs is 1. The van der Waals surface area contributed by atoms with Gasteiger partial charge in [0.1, 0.15) is 0 Å². The maximum Gasteiger partial charge on any atom is 0.309 e. The van der Waals surface area contributed by atoms with Gasteiger partial charge in [0.25, 0.3) is 0 Å². The first kappa shape index (κ1) is 15.6. The summed E-state index contributed by atoms with van der Waals surface area (Å²) in [4.78, 5) is 22.5. The number of benzene rings is 1. The van der Waals surface area contributed by atoms with E-state index in [0.29, 0.717) is 16.5 Å². The third-order valence-electron chi connectivity index (χ3n) is 4.57. The lowest BCUT2D eigenvalue weighted by Gasteiger charge is -2.21. The normalized spacial score (nSPS) is 32.5. The predicted octanol–water partition coefficient (Wildman–Crippen LogP) is 2.93. The molecule has 0 amide bonds. The number of rotatable bonds is 5. The molecule has 7 heteroatoms. The molecule has 118 valence electrons. The van der Waals surface area contributed by atoms with E-state index in [1.165, 1.54) is 0 Å². The summed E-state index contributed by atoms with van der Waals surface area (Å²) in [6.45, 7) is 0.225. The number of hydrogen-bond acceptors (Lipinski definition) is 3. The molecule has 2 aliphatic rings. The number of hydrogen-bond donors (Lipinski definition) is 2. The van der Waals surface area contributed by atoms with E-state index in [4.69, 9.17) is 33.0 Å². The van der Waals surface area contributed by atoms with Crippen molar-refractivity contribution in [1.29, 1.82) is 0 Å². The first-order valence-corrected chi connectivity index (χ1v) is 7.67. The third-order valence-corrected chi connectivity index (χ3v) is 5.31. The van der Waals surface area contributed by atoms with Crippen LogP contribution in [0.1, 0.15) is 12.0 Å². The Kier molecular flexibility index (Phi) is 4.05. The van der Waals surface area contributed by atoms with E-state index in [1.807, 2.05) is 0 Å². The Morgan fingerprint density at radius 1 is 1.14 bits per heavy atom. The van der Waals surface area contributed by atoms with Crippen LogP contribution in [0.3, 0.4) is 0 Å². The molecule has 0 radical (unpaired) electrons. The lowest BCUT2D eigenvalue weighted by atomic mass is 9.97. The minimum atomic E-state index is -0.990. The summed E-state index contributed by atoms with van der Waals surface area (Å²) in [5, 5.41) is 19.3. The quantitative estimate of drug-likeness (QED) is 0.857. The highest BCUT2D eigenvalue weighted by Crippen LogP contribution is 2.61. The van der Waals surface area contributed by atoms with E-state index in [-0.39, 0.29) is 18.4 Å². The zero-order valence-electron chi connectivity index (χ0n) is 11.4. The molecule has 0 aliphatic heterocycles. The first-order chi connectivity index (χ1) is 10.4. The molecule has 2 saturated carbocycles. The summed E-state index contributed by atoms with van der Waals surface area (Å²) in [7, 11) is 0. The molecule has 0 aromatic heterocycles. The third kappa shape index (κ3) is 2.69. The minimum Gasteiger partial charge on any atom is -0.481 e. The average molecular weight is 345 g/mol. The highest BCUT2D eigenvalue weighted by atomic mass is 35.5. The Hall–Kier alpha value is -1.30. The van der Waals surface area contributed by atoms with Gasteiger partial charge < -0.3 is 14.9 Å². The van der Waals surface area contributed by atoms with Crippen LogP contribution in [-0.2, 0) is 20.9 Å². The van der Waals surface area contributed by atoms with Crippen LogP contribution in [0.4, 0.5) is 0 Å². The Labute approximate surface area is 136 Å². The molecule has 5 nitrogen and oxygen atoms in total. The Bertz CT molecular complexity index is 632. The molecule has 0 bridgehead atoms. The lowest BCUT2D eigenvalue weighted by Crippen LogP contribution is -2.31. The van der Waals surface area contributed by atoms with Crippen molar-refractivity contribution in [2.45, 2.75) is 19.1 Å². The van der Waals surface area contributed by atoms with Crippen LogP contribution in [0.2, 0.25) is 10.0 Å². The Morgan fingerprint density at radius 3 is 2.41 bits per heavy atom. The summed E-state index contributed by atoms with van der Waals surface area (Å²) in [5.74, 6) is -3.59. The van der Waals surface area contributed by atoms with Crippen LogP contribution in [0.25, 0.3) is 0 Å². The molecule has 0 spiro atoms. The predicted molar refractivity (Wildman–Crippen MR) is 78.9 cm³/mol. The van der Waals surface area contributed by atoms with Gasteiger partial charge in [-0.2, -0.15) is 0 Å². The van der Waals surface area contributed by atoms with E-state index < -0.39 is 29.9 Å². The van der Waals surface area contributed by atoms with Gasteiger partial charge in [-0.3, -0.25) is 9.59 Å². The minimum absolute atomic E-state index is 0.0857. The molecule has 2 N–H and O–H groups in total. The van der Waals surface area contributed by atoms with Crippen molar-refractivity contribution >= 4 is 35.1 Å². The van der Waals surface area contributed by atoms with Crippen LogP contribution >= 0.6 is 23.2 Å². The number of aliphatic carboxylic acids is 2. The van der Waals surface area contributed by atoms with Crippen LogP contribution in [0, 0.1) is 23.7 Å². The van der Waals surface area contributed by atoms with Gasteiger partial charge in [0.2, 0.25) is 0 Å². The summed E-state index contributed by atoms with van der Waals surface area (Å²) in [6, 6.07) is 5.10. The SMILES string of the molecule is O=C(O)C1C(OCc2ccc(Cl)c(Cl)c2)CC2C(C(=O)O)C21. The topological polar surface area (TPSA) is 83.8 Å².